The Labute approximate surface area is 159 Å². The summed E-state index contributed by atoms with van der Waals surface area (Å²) in [5.41, 5.74) is 0.933. The molecule has 1 aromatic heterocycles. The highest BCUT2D eigenvalue weighted by atomic mass is 16.5. The lowest BCUT2D eigenvalue weighted by molar-refractivity contribution is -0.122. The van der Waals surface area contributed by atoms with Crippen LogP contribution in [-0.4, -0.2) is 30.2 Å². The average Bonchev–Trinajstić information content (AvgIpc) is 3.38. The quantitative estimate of drug-likeness (QED) is 0.748. The second-order valence-electron chi connectivity index (χ2n) is 7.65. The van der Waals surface area contributed by atoms with Gasteiger partial charge in [-0.2, -0.15) is 0 Å². The fourth-order valence-corrected chi connectivity index (χ4v) is 3.70. The van der Waals surface area contributed by atoms with E-state index in [4.69, 9.17) is 9.26 Å². The summed E-state index contributed by atoms with van der Waals surface area (Å²) in [7, 11) is 0. The molecule has 1 aliphatic carbocycles. The van der Waals surface area contributed by atoms with Crippen molar-refractivity contribution < 1.29 is 14.1 Å². The maximum Gasteiger partial charge on any atom is 0.220 e. The van der Waals surface area contributed by atoms with Gasteiger partial charge in [0.05, 0.1) is 5.69 Å². The van der Waals surface area contributed by atoms with Crippen LogP contribution in [0.3, 0.4) is 0 Å². The molecule has 6 heteroatoms. The second-order valence-corrected chi connectivity index (χ2v) is 7.65. The lowest BCUT2D eigenvalue weighted by Gasteiger charge is -2.31. The van der Waals surface area contributed by atoms with Gasteiger partial charge < -0.3 is 19.9 Å². The number of carbonyl (C=O) groups is 1. The molecule has 2 aliphatic rings. The van der Waals surface area contributed by atoms with Crippen LogP contribution in [0.5, 0.6) is 5.75 Å². The second kappa shape index (κ2) is 8.57. The van der Waals surface area contributed by atoms with Crippen LogP contribution in [0.2, 0.25) is 0 Å². The number of para-hydroxylation sites is 1. The third kappa shape index (κ3) is 5.32. The Morgan fingerprint density at radius 3 is 2.89 bits per heavy atom. The van der Waals surface area contributed by atoms with Gasteiger partial charge in [0, 0.05) is 18.5 Å². The van der Waals surface area contributed by atoms with Gasteiger partial charge in [-0.15, -0.1) is 0 Å². The van der Waals surface area contributed by atoms with E-state index in [1.807, 2.05) is 36.4 Å². The number of aromatic nitrogens is 1. The number of nitrogens with zero attached hydrogens (tertiary/aromatic N) is 1. The van der Waals surface area contributed by atoms with Crippen LogP contribution in [-0.2, 0) is 17.8 Å². The zero-order chi connectivity index (χ0) is 18.5. The summed E-state index contributed by atoms with van der Waals surface area (Å²) in [4.78, 5) is 12.2. The van der Waals surface area contributed by atoms with Crippen molar-refractivity contribution in [3.8, 4) is 5.75 Å². The maximum absolute atomic E-state index is 12.2. The highest BCUT2D eigenvalue weighted by molar-refractivity contribution is 5.76. The molecular formula is C21H27N3O3. The topological polar surface area (TPSA) is 76.4 Å². The fraction of sp³-hybridized carbons (Fsp3) is 0.524. The first kappa shape index (κ1) is 18.0. The van der Waals surface area contributed by atoms with Crippen molar-refractivity contribution in [3.63, 3.8) is 0 Å². The van der Waals surface area contributed by atoms with E-state index in [1.54, 1.807) is 0 Å². The monoisotopic (exact) mass is 369 g/mol. The summed E-state index contributed by atoms with van der Waals surface area (Å²) in [5, 5.41) is 10.8. The largest absolute Gasteiger partial charge is 0.486 e. The van der Waals surface area contributed by atoms with Gasteiger partial charge >= 0.3 is 0 Å². The molecule has 0 unspecified atom stereocenters. The summed E-state index contributed by atoms with van der Waals surface area (Å²) in [6, 6.07) is 12.1. The molecule has 2 atom stereocenters. The van der Waals surface area contributed by atoms with E-state index in [9.17, 15) is 4.79 Å². The summed E-state index contributed by atoms with van der Waals surface area (Å²) in [6.45, 7) is 2.27. The summed E-state index contributed by atoms with van der Waals surface area (Å²) in [6.07, 6.45) is 4.74. The molecule has 4 rings (SSSR count). The van der Waals surface area contributed by atoms with Crippen molar-refractivity contribution in [2.75, 3.05) is 13.1 Å². The van der Waals surface area contributed by atoms with E-state index in [0.29, 0.717) is 30.9 Å². The Hall–Kier alpha value is -2.34. The van der Waals surface area contributed by atoms with Crippen LogP contribution in [0.15, 0.2) is 40.9 Å². The molecule has 6 nitrogen and oxygen atoms in total. The van der Waals surface area contributed by atoms with Crippen LogP contribution in [0.1, 0.15) is 37.1 Å². The van der Waals surface area contributed by atoms with Crippen molar-refractivity contribution in [2.24, 2.45) is 11.8 Å². The first-order valence-corrected chi connectivity index (χ1v) is 9.88. The number of piperidine rings is 1. The van der Waals surface area contributed by atoms with Gasteiger partial charge in [-0.25, -0.2) is 0 Å². The summed E-state index contributed by atoms with van der Waals surface area (Å²) >= 11 is 0. The molecule has 2 N–H and O–H groups in total. The zero-order valence-electron chi connectivity index (χ0n) is 15.5. The van der Waals surface area contributed by atoms with Gasteiger partial charge in [0.1, 0.15) is 12.4 Å². The van der Waals surface area contributed by atoms with E-state index in [-0.39, 0.29) is 5.91 Å². The number of benzene rings is 1. The van der Waals surface area contributed by atoms with Gasteiger partial charge in [-0.05, 0) is 62.7 Å². The summed E-state index contributed by atoms with van der Waals surface area (Å²) in [5.74, 6) is 2.53. The molecule has 27 heavy (non-hydrogen) atoms. The first-order chi connectivity index (χ1) is 13.3. The van der Waals surface area contributed by atoms with Crippen LogP contribution in [0.4, 0.5) is 0 Å². The molecule has 0 bridgehead atoms. The van der Waals surface area contributed by atoms with E-state index in [2.05, 4.69) is 15.8 Å². The minimum absolute atomic E-state index is 0.200. The number of hydrogen-bond donors (Lipinski definition) is 2. The van der Waals surface area contributed by atoms with Crippen LogP contribution in [0, 0.1) is 11.8 Å². The molecule has 0 radical (unpaired) electrons. The number of carbonyl (C=O) groups excluding carboxylic acids is 1. The zero-order valence-corrected chi connectivity index (χ0v) is 15.5. The summed E-state index contributed by atoms with van der Waals surface area (Å²) < 4.78 is 11.1. The van der Waals surface area contributed by atoms with E-state index in [0.717, 1.165) is 56.0 Å². The number of hydrogen-bond acceptors (Lipinski definition) is 5. The molecule has 144 valence electrons. The Morgan fingerprint density at radius 2 is 2.07 bits per heavy atom. The van der Waals surface area contributed by atoms with Crippen LogP contribution in [0.25, 0.3) is 0 Å². The maximum atomic E-state index is 12.2. The van der Waals surface area contributed by atoms with Gasteiger partial charge in [-0.1, -0.05) is 23.4 Å². The lowest BCUT2D eigenvalue weighted by Crippen LogP contribution is -2.40. The van der Waals surface area contributed by atoms with Crippen molar-refractivity contribution in [1.82, 2.24) is 15.8 Å². The molecule has 1 aromatic carbocycles. The lowest BCUT2D eigenvalue weighted by atomic mass is 9.81. The number of amides is 1. The smallest absolute Gasteiger partial charge is 0.220 e. The Bertz CT molecular complexity index is 742. The third-order valence-corrected chi connectivity index (χ3v) is 5.36. The molecular weight excluding hydrogens is 342 g/mol. The predicted octanol–water partition coefficient (Wildman–Crippen LogP) is 2.69. The number of rotatable bonds is 8. The van der Waals surface area contributed by atoms with Crippen LogP contribution >= 0.6 is 0 Å². The van der Waals surface area contributed by atoms with Gasteiger partial charge in [0.15, 0.2) is 5.76 Å². The molecule has 1 amide bonds. The molecule has 0 spiro atoms. The Balaban J connectivity index is 1.30. The minimum atomic E-state index is 0.200. The van der Waals surface area contributed by atoms with Crippen molar-refractivity contribution in [1.29, 1.82) is 0 Å². The van der Waals surface area contributed by atoms with E-state index < -0.39 is 0 Å². The van der Waals surface area contributed by atoms with Crippen molar-refractivity contribution in [2.45, 2.75) is 44.8 Å². The fourth-order valence-electron chi connectivity index (χ4n) is 3.70. The molecule has 1 saturated heterocycles. The molecule has 1 saturated carbocycles. The highest BCUT2D eigenvalue weighted by Crippen LogP contribution is 2.27. The SMILES string of the molecule is O=C(C[C@@H]1CCNC[C@H]1Cc1cc(COc2ccccc2)on1)NC1CC1. The minimum Gasteiger partial charge on any atom is -0.486 e. The molecule has 2 aromatic rings. The van der Waals surface area contributed by atoms with Gasteiger partial charge in [0.2, 0.25) is 5.91 Å². The molecule has 1 aliphatic heterocycles. The highest BCUT2D eigenvalue weighted by Gasteiger charge is 2.30. The first-order valence-electron chi connectivity index (χ1n) is 9.88. The van der Waals surface area contributed by atoms with Crippen molar-refractivity contribution in [3.05, 3.63) is 47.9 Å². The number of ether oxygens (including phenoxy) is 1. The Kier molecular flexibility index (Phi) is 5.72. The standard InChI is InChI=1S/C21H27N3O3/c25-21(23-17-6-7-17)11-15-8-9-22-13-16(15)10-18-12-20(27-24-18)14-26-19-4-2-1-3-5-19/h1-5,12,15-17,22H,6-11,13-14H2,(H,23,25)/t15-,16+/m0/s1. The Morgan fingerprint density at radius 1 is 1.22 bits per heavy atom. The van der Waals surface area contributed by atoms with Gasteiger partial charge in [-0.3, -0.25) is 4.79 Å². The normalized spacial score (nSPS) is 22.4. The van der Waals surface area contributed by atoms with Crippen LogP contribution < -0.4 is 15.4 Å². The van der Waals surface area contributed by atoms with Gasteiger partial charge in [0.25, 0.3) is 0 Å². The average molecular weight is 369 g/mol. The van der Waals surface area contributed by atoms with E-state index >= 15 is 0 Å². The number of nitrogens with one attached hydrogen (secondary N) is 2. The third-order valence-electron chi connectivity index (χ3n) is 5.36. The van der Waals surface area contributed by atoms with E-state index in [1.165, 1.54) is 0 Å². The van der Waals surface area contributed by atoms with Crippen molar-refractivity contribution >= 4 is 5.91 Å². The molecule has 2 heterocycles. The molecule has 2 fully saturated rings. The predicted molar refractivity (Wildman–Crippen MR) is 101 cm³/mol.